The van der Waals surface area contributed by atoms with Crippen molar-refractivity contribution in [3.05, 3.63) is 23.9 Å². The zero-order valence-electron chi connectivity index (χ0n) is 10.5. The molecule has 0 aliphatic rings. The molecule has 1 rings (SSSR count). The van der Waals surface area contributed by atoms with Gasteiger partial charge in [0, 0.05) is 19.3 Å². The van der Waals surface area contributed by atoms with Crippen molar-refractivity contribution < 1.29 is 4.74 Å². The van der Waals surface area contributed by atoms with Gasteiger partial charge in [-0.15, -0.1) is 0 Å². The Hall–Kier alpha value is -1.09. The van der Waals surface area contributed by atoms with E-state index in [-0.39, 0.29) is 0 Å². The van der Waals surface area contributed by atoms with Gasteiger partial charge in [0.05, 0.1) is 6.61 Å². The Morgan fingerprint density at radius 3 is 2.75 bits per heavy atom. The lowest BCUT2D eigenvalue weighted by Gasteiger charge is -2.08. The first-order chi connectivity index (χ1) is 7.68. The number of pyridine rings is 1. The Bertz CT molecular complexity index is 282. The average Bonchev–Trinajstić information content (AvgIpc) is 2.25. The first kappa shape index (κ1) is 13.0. The van der Waals surface area contributed by atoms with Gasteiger partial charge in [-0.25, -0.2) is 4.98 Å². The number of ether oxygens (including phenoxy) is 1. The van der Waals surface area contributed by atoms with E-state index >= 15 is 0 Å². The molecular weight excluding hydrogens is 200 g/mol. The number of aromatic nitrogens is 1. The number of hydrogen-bond donors (Lipinski definition) is 1. The molecule has 0 fully saturated rings. The molecule has 0 aliphatic heterocycles. The lowest BCUT2D eigenvalue weighted by atomic mass is 10.1. The van der Waals surface area contributed by atoms with Crippen LogP contribution in [0.3, 0.4) is 0 Å². The standard InChI is InChI=1S/C13H22N2O/c1-11(2)6-8-16-9-7-14-13-5-4-12(3)10-15-13/h4-5,10-11H,6-9H2,1-3H3,(H,14,15). The summed E-state index contributed by atoms with van der Waals surface area (Å²) in [5.74, 6) is 1.63. The monoisotopic (exact) mass is 222 g/mol. The molecule has 0 aromatic carbocycles. The molecule has 3 nitrogen and oxygen atoms in total. The molecule has 1 heterocycles. The Kier molecular flexibility index (Phi) is 5.86. The van der Waals surface area contributed by atoms with E-state index in [1.54, 1.807) is 0 Å². The number of nitrogens with one attached hydrogen (secondary N) is 1. The summed E-state index contributed by atoms with van der Waals surface area (Å²) in [6.45, 7) is 8.85. The highest BCUT2D eigenvalue weighted by Crippen LogP contribution is 2.03. The van der Waals surface area contributed by atoms with Crippen LogP contribution in [0.25, 0.3) is 0 Å². The van der Waals surface area contributed by atoms with Crippen LogP contribution in [-0.2, 0) is 4.74 Å². The highest BCUT2D eigenvalue weighted by Gasteiger charge is 1.95. The summed E-state index contributed by atoms with van der Waals surface area (Å²) in [7, 11) is 0. The number of hydrogen-bond acceptors (Lipinski definition) is 3. The van der Waals surface area contributed by atoms with Crippen molar-refractivity contribution in [2.45, 2.75) is 27.2 Å². The van der Waals surface area contributed by atoms with Crippen LogP contribution in [0.2, 0.25) is 0 Å². The summed E-state index contributed by atoms with van der Waals surface area (Å²) >= 11 is 0. The molecule has 0 bridgehead atoms. The van der Waals surface area contributed by atoms with Crippen LogP contribution < -0.4 is 5.32 Å². The van der Waals surface area contributed by atoms with Gasteiger partial charge in [0.25, 0.3) is 0 Å². The largest absolute Gasteiger partial charge is 0.380 e. The summed E-state index contributed by atoms with van der Waals surface area (Å²) in [6.07, 6.45) is 2.99. The van der Waals surface area contributed by atoms with Gasteiger partial charge in [0.15, 0.2) is 0 Å². The number of rotatable bonds is 7. The molecule has 90 valence electrons. The van der Waals surface area contributed by atoms with E-state index in [1.807, 2.05) is 19.2 Å². The van der Waals surface area contributed by atoms with Gasteiger partial charge in [-0.05, 0) is 30.9 Å². The van der Waals surface area contributed by atoms with Crippen molar-refractivity contribution in [3.8, 4) is 0 Å². The SMILES string of the molecule is Cc1ccc(NCCOCCC(C)C)nc1. The lowest BCUT2D eigenvalue weighted by Crippen LogP contribution is -2.11. The van der Waals surface area contributed by atoms with E-state index in [0.717, 1.165) is 32.0 Å². The Balaban J connectivity index is 2.05. The second kappa shape index (κ2) is 7.23. The summed E-state index contributed by atoms with van der Waals surface area (Å²) < 4.78 is 5.50. The average molecular weight is 222 g/mol. The van der Waals surface area contributed by atoms with Gasteiger partial charge < -0.3 is 10.1 Å². The van der Waals surface area contributed by atoms with Gasteiger partial charge in [0.2, 0.25) is 0 Å². The number of nitrogens with zero attached hydrogens (tertiary/aromatic N) is 1. The van der Waals surface area contributed by atoms with Crippen molar-refractivity contribution in [2.24, 2.45) is 5.92 Å². The second-order valence-electron chi connectivity index (χ2n) is 4.44. The molecule has 1 aromatic heterocycles. The summed E-state index contributed by atoms with van der Waals surface area (Å²) in [4.78, 5) is 4.26. The smallest absolute Gasteiger partial charge is 0.125 e. The van der Waals surface area contributed by atoms with Crippen LogP contribution in [0, 0.1) is 12.8 Å². The third kappa shape index (κ3) is 5.71. The molecule has 0 radical (unpaired) electrons. The van der Waals surface area contributed by atoms with E-state index in [0.29, 0.717) is 5.92 Å². The maximum atomic E-state index is 5.50. The predicted molar refractivity (Wildman–Crippen MR) is 67.7 cm³/mol. The van der Waals surface area contributed by atoms with Crippen LogP contribution in [0.15, 0.2) is 18.3 Å². The normalized spacial score (nSPS) is 10.8. The lowest BCUT2D eigenvalue weighted by molar-refractivity contribution is 0.132. The molecule has 0 aliphatic carbocycles. The molecule has 0 saturated carbocycles. The van der Waals surface area contributed by atoms with Gasteiger partial charge in [-0.2, -0.15) is 0 Å². The Morgan fingerprint density at radius 1 is 1.31 bits per heavy atom. The summed E-state index contributed by atoms with van der Waals surface area (Å²) in [5.41, 5.74) is 1.18. The van der Waals surface area contributed by atoms with Crippen LogP contribution >= 0.6 is 0 Å². The molecule has 16 heavy (non-hydrogen) atoms. The Morgan fingerprint density at radius 2 is 2.12 bits per heavy atom. The molecular formula is C13H22N2O. The quantitative estimate of drug-likeness (QED) is 0.720. The molecule has 0 unspecified atom stereocenters. The molecule has 3 heteroatoms. The van der Waals surface area contributed by atoms with E-state index in [1.165, 1.54) is 5.56 Å². The van der Waals surface area contributed by atoms with Crippen LogP contribution in [0.5, 0.6) is 0 Å². The highest BCUT2D eigenvalue weighted by molar-refractivity contribution is 5.34. The number of aryl methyl sites for hydroxylation is 1. The minimum absolute atomic E-state index is 0.715. The fraction of sp³-hybridized carbons (Fsp3) is 0.615. The number of anilines is 1. The van der Waals surface area contributed by atoms with Gasteiger partial charge in [-0.3, -0.25) is 0 Å². The molecule has 0 saturated heterocycles. The first-order valence-electron chi connectivity index (χ1n) is 5.93. The predicted octanol–water partition coefficient (Wildman–Crippen LogP) is 2.86. The third-order valence-electron chi connectivity index (χ3n) is 2.30. The summed E-state index contributed by atoms with van der Waals surface area (Å²) in [5, 5.41) is 3.22. The fourth-order valence-electron chi connectivity index (χ4n) is 1.24. The topological polar surface area (TPSA) is 34.1 Å². The highest BCUT2D eigenvalue weighted by atomic mass is 16.5. The molecule has 0 atom stereocenters. The Labute approximate surface area is 98.2 Å². The van der Waals surface area contributed by atoms with Crippen molar-refractivity contribution in [1.82, 2.24) is 4.98 Å². The van der Waals surface area contributed by atoms with E-state index in [4.69, 9.17) is 4.74 Å². The summed E-state index contributed by atoms with van der Waals surface area (Å²) in [6, 6.07) is 4.04. The minimum atomic E-state index is 0.715. The zero-order chi connectivity index (χ0) is 11.8. The van der Waals surface area contributed by atoms with E-state index < -0.39 is 0 Å². The van der Waals surface area contributed by atoms with E-state index in [9.17, 15) is 0 Å². The molecule has 0 spiro atoms. The van der Waals surface area contributed by atoms with Gasteiger partial charge >= 0.3 is 0 Å². The minimum Gasteiger partial charge on any atom is -0.380 e. The third-order valence-corrected chi connectivity index (χ3v) is 2.30. The van der Waals surface area contributed by atoms with Crippen molar-refractivity contribution in [1.29, 1.82) is 0 Å². The fourth-order valence-corrected chi connectivity index (χ4v) is 1.24. The zero-order valence-corrected chi connectivity index (χ0v) is 10.5. The maximum Gasteiger partial charge on any atom is 0.125 e. The molecule has 1 N–H and O–H groups in total. The van der Waals surface area contributed by atoms with Gasteiger partial charge in [-0.1, -0.05) is 19.9 Å². The van der Waals surface area contributed by atoms with E-state index in [2.05, 4.69) is 30.2 Å². The van der Waals surface area contributed by atoms with Crippen molar-refractivity contribution >= 4 is 5.82 Å². The van der Waals surface area contributed by atoms with Crippen molar-refractivity contribution in [3.63, 3.8) is 0 Å². The van der Waals surface area contributed by atoms with Gasteiger partial charge in [0.1, 0.15) is 5.82 Å². The second-order valence-corrected chi connectivity index (χ2v) is 4.44. The van der Waals surface area contributed by atoms with Crippen molar-refractivity contribution in [2.75, 3.05) is 25.1 Å². The first-order valence-corrected chi connectivity index (χ1v) is 5.93. The maximum absolute atomic E-state index is 5.50. The van der Waals surface area contributed by atoms with Crippen LogP contribution in [0.4, 0.5) is 5.82 Å². The molecule has 0 amide bonds. The molecule has 1 aromatic rings. The van der Waals surface area contributed by atoms with Crippen LogP contribution in [-0.4, -0.2) is 24.7 Å². The van der Waals surface area contributed by atoms with Crippen LogP contribution in [0.1, 0.15) is 25.8 Å².